The molecule has 3 N–H and O–H groups in total. The number of nitrogens with zero attached hydrogens (tertiary/aromatic N) is 2. The third kappa shape index (κ3) is 1.77. The molecule has 0 amide bonds. The maximum Gasteiger partial charge on any atom is 0.260 e. The normalized spacial score (nSPS) is 13.2. The van der Waals surface area contributed by atoms with Gasteiger partial charge < -0.3 is 19.8 Å². The number of aromatic nitrogens is 3. The van der Waals surface area contributed by atoms with Gasteiger partial charge in [0.2, 0.25) is 0 Å². The monoisotopic (exact) mass is 209 g/mol. The average Bonchev–Trinajstić information content (AvgIpc) is 2.63. The van der Waals surface area contributed by atoms with Gasteiger partial charge in [-0.1, -0.05) is 0 Å². The van der Waals surface area contributed by atoms with Crippen molar-refractivity contribution in [2.75, 3.05) is 6.61 Å². The van der Waals surface area contributed by atoms with Crippen LogP contribution in [0, 0.1) is 0 Å². The molecule has 6 heteroatoms. The molecule has 6 nitrogen and oxygen atoms in total. The summed E-state index contributed by atoms with van der Waals surface area (Å²) in [6.07, 6.45) is 2.12. The molecule has 0 aliphatic carbocycles. The molecule has 80 valence electrons. The van der Waals surface area contributed by atoms with Crippen LogP contribution < -0.4 is 5.56 Å². The highest BCUT2D eigenvalue weighted by atomic mass is 16.3. The molecule has 2 aromatic rings. The first-order chi connectivity index (χ1) is 7.22. The van der Waals surface area contributed by atoms with Crippen molar-refractivity contribution < 1.29 is 10.2 Å². The van der Waals surface area contributed by atoms with Crippen molar-refractivity contribution in [3.05, 3.63) is 28.9 Å². The van der Waals surface area contributed by atoms with E-state index >= 15 is 0 Å². The lowest BCUT2D eigenvalue weighted by Crippen LogP contribution is -2.19. The fourth-order valence-corrected chi connectivity index (χ4v) is 1.45. The SMILES string of the molecule is O=c1[nH]cnc2c1ccn2CC(O)CO. The van der Waals surface area contributed by atoms with Gasteiger partial charge in [0.15, 0.2) is 0 Å². The third-order valence-electron chi connectivity index (χ3n) is 2.18. The minimum absolute atomic E-state index is 0.211. The van der Waals surface area contributed by atoms with E-state index in [1.807, 2.05) is 0 Å². The second-order valence-electron chi connectivity index (χ2n) is 3.27. The van der Waals surface area contributed by atoms with Gasteiger partial charge in [0.1, 0.15) is 5.65 Å². The van der Waals surface area contributed by atoms with Gasteiger partial charge in [0.05, 0.1) is 31.0 Å². The van der Waals surface area contributed by atoms with E-state index in [0.29, 0.717) is 11.0 Å². The summed E-state index contributed by atoms with van der Waals surface area (Å²) in [5.41, 5.74) is 0.295. The summed E-state index contributed by atoms with van der Waals surface area (Å²) in [6.45, 7) is -0.0979. The number of hydrogen-bond acceptors (Lipinski definition) is 4. The Morgan fingerprint density at radius 1 is 1.60 bits per heavy atom. The topological polar surface area (TPSA) is 91.1 Å². The lowest BCUT2D eigenvalue weighted by Gasteiger charge is -2.08. The van der Waals surface area contributed by atoms with Crippen LogP contribution in [-0.4, -0.2) is 37.5 Å². The van der Waals surface area contributed by atoms with Crippen LogP contribution in [0.5, 0.6) is 0 Å². The fourth-order valence-electron chi connectivity index (χ4n) is 1.45. The molecular formula is C9H11N3O3. The maximum absolute atomic E-state index is 11.3. The van der Waals surface area contributed by atoms with Gasteiger partial charge in [-0.25, -0.2) is 4.98 Å². The van der Waals surface area contributed by atoms with Crippen LogP contribution in [0.1, 0.15) is 0 Å². The Morgan fingerprint density at radius 3 is 3.13 bits per heavy atom. The molecule has 0 spiro atoms. The molecule has 2 rings (SSSR count). The fraction of sp³-hybridized carbons (Fsp3) is 0.333. The zero-order valence-electron chi connectivity index (χ0n) is 7.92. The number of fused-ring (bicyclic) bond motifs is 1. The number of nitrogens with one attached hydrogen (secondary N) is 1. The molecule has 0 aromatic carbocycles. The predicted octanol–water partition coefficient (Wildman–Crippen LogP) is -0.922. The lowest BCUT2D eigenvalue weighted by molar-refractivity contribution is 0.0821. The molecule has 0 aliphatic heterocycles. The highest BCUT2D eigenvalue weighted by molar-refractivity contribution is 5.74. The minimum atomic E-state index is -0.846. The van der Waals surface area contributed by atoms with Crippen molar-refractivity contribution >= 4 is 11.0 Å². The maximum atomic E-state index is 11.3. The van der Waals surface area contributed by atoms with Crippen LogP contribution in [0.2, 0.25) is 0 Å². The van der Waals surface area contributed by atoms with Gasteiger partial charge in [-0.15, -0.1) is 0 Å². The molecular weight excluding hydrogens is 198 g/mol. The number of H-pyrrole nitrogens is 1. The van der Waals surface area contributed by atoms with E-state index in [1.165, 1.54) is 6.33 Å². The number of aliphatic hydroxyl groups is 2. The molecule has 2 heterocycles. The molecule has 1 unspecified atom stereocenters. The minimum Gasteiger partial charge on any atom is -0.394 e. The van der Waals surface area contributed by atoms with Crippen LogP contribution in [-0.2, 0) is 6.54 Å². The van der Waals surface area contributed by atoms with Crippen molar-refractivity contribution in [1.82, 2.24) is 14.5 Å². The molecule has 15 heavy (non-hydrogen) atoms. The Balaban J connectivity index is 2.45. The molecule has 1 atom stereocenters. The molecule has 0 saturated carbocycles. The zero-order valence-corrected chi connectivity index (χ0v) is 7.92. The number of aromatic amines is 1. The largest absolute Gasteiger partial charge is 0.394 e. The predicted molar refractivity (Wildman–Crippen MR) is 53.4 cm³/mol. The quantitative estimate of drug-likeness (QED) is 0.609. The Morgan fingerprint density at radius 2 is 2.40 bits per heavy atom. The van der Waals surface area contributed by atoms with Gasteiger partial charge in [0, 0.05) is 6.20 Å². The summed E-state index contributed by atoms with van der Waals surface area (Å²) in [6, 6.07) is 1.63. The van der Waals surface area contributed by atoms with Crippen molar-refractivity contribution in [1.29, 1.82) is 0 Å². The van der Waals surface area contributed by atoms with E-state index in [2.05, 4.69) is 9.97 Å². The van der Waals surface area contributed by atoms with Gasteiger partial charge in [-0.05, 0) is 6.07 Å². The van der Waals surface area contributed by atoms with Gasteiger partial charge >= 0.3 is 0 Å². The molecule has 0 aliphatic rings. The highest BCUT2D eigenvalue weighted by Gasteiger charge is 2.08. The van der Waals surface area contributed by atoms with Crippen LogP contribution in [0.3, 0.4) is 0 Å². The van der Waals surface area contributed by atoms with E-state index in [0.717, 1.165) is 0 Å². The van der Waals surface area contributed by atoms with Crippen LogP contribution in [0.4, 0.5) is 0 Å². The first kappa shape index (κ1) is 9.88. The zero-order chi connectivity index (χ0) is 10.8. The third-order valence-corrected chi connectivity index (χ3v) is 2.18. The van der Waals surface area contributed by atoms with Crippen molar-refractivity contribution in [3.8, 4) is 0 Å². The highest BCUT2D eigenvalue weighted by Crippen LogP contribution is 2.08. The smallest absolute Gasteiger partial charge is 0.260 e. The van der Waals surface area contributed by atoms with Crippen LogP contribution in [0.15, 0.2) is 23.4 Å². The van der Waals surface area contributed by atoms with E-state index in [9.17, 15) is 9.90 Å². The second-order valence-corrected chi connectivity index (χ2v) is 3.27. The summed E-state index contributed by atoms with van der Waals surface area (Å²) in [5, 5.41) is 18.5. The van der Waals surface area contributed by atoms with Crippen molar-refractivity contribution in [2.45, 2.75) is 12.6 Å². The second kappa shape index (κ2) is 3.84. The van der Waals surface area contributed by atoms with E-state index in [4.69, 9.17) is 5.11 Å². The summed E-state index contributed by atoms with van der Waals surface area (Å²) in [7, 11) is 0. The van der Waals surface area contributed by atoms with Crippen molar-refractivity contribution in [2.24, 2.45) is 0 Å². The first-order valence-corrected chi connectivity index (χ1v) is 4.54. The first-order valence-electron chi connectivity index (χ1n) is 4.54. The summed E-state index contributed by atoms with van der Waals surface area (Å²) in [5.74, 6) is 0. The van der Waals surface area contributed by atoms with E-state index in [-0.39, 0.29) is 18.7 Å². The summed E-state index contributed by atoms with van der Waals surface area (Å²) in [4.78, 5) is 17.8. The Kier molecular flexibility index (Phi) is 2.53. The number of rotatable bonds is 3. The number of aliphatic hydroxyl groups excluding tert-OH is 2. The Bertz CT molecular complexity index is 517. The summed E-state index contributed by atoms with van der Waals surface area (Å²) >= 11 is 0. The summed E-state index contributed by atoms with van der Waals surface area (Å²) < 4.78 is 1.63. The van der Waals surface area contributed by atoms with Crippen LogP contribution in [0.25, 0.3) is 11.0 Å². The van der Waals surface area contributed by atoms with Crippen molar-refractivity contribution in [3.63, 3.8) is 0 Å². The standard InChI is InChI=1S/C9H11N3O3/c13-4-6(14)3-12-2-1-7-8(12)10-5-11-9(7)15/h1-2,5-6,13-14H,3-4H2,(H,10,11,15). The molecule has 0 bridgehead atoms. The van der Waals surface area contributed by atoms with E-state index in [1.54, 1.807) is 16.8 Å². The lowest BCUT2D eigenvalue weighted by atomic mass is 10.4. The molecule has 0 fully saturated rings. The number of hydrogen-bond donors (Lipinski definition) is 3. The molecule has 2 aromatic heterocycles. The Labute approximate surface area is 84.8 Å². The molecule has 0 radical (unpaired) electrons. The average molecular weight is 209 g/mol. The van der Waals surface area contributed by atoms with Gasteiger partial charge in [0.25, 0.3) is 5.56 Å². The molecule has 0 saturated heterocycles. The van der Waals surface area contributed by atoms with E-state index < -0.39 is 6.10 Å². The van der Waals surface area contributed by atoms with Crippen LogP contribution >= 0.6 is 0 Å². The Hall–Kier alpha value is -1.66. The van der Waals surface area contributed by atoms with Gasteiger partial charge in [-0.2, -0.15) is 0 Å². The van der Waals surface area contributed by atoms with Gasteiger partial charge in [-0.3, -0.25) is 4.79 Å².